The smallest absolute Gasteiger partial charge is 0.335 e. The first-order valence-corrected chi connectivity index (χ1v) is 4.43. The van der Waals surface area contributed by atoms with Crippen molar-refractivity contribution in [3.8, 4) is 0 Å². The first-order valence-electron chi connectivity index (χ1n) is 4.43. The van der Waals surface area contributed by atoms with Crippen LogP contribution in [0.1, 0.15) is 17.3 Å². The van der Waals surface area contributed by atoms with Gasteiger partial charge in [0.2, 0.25) is 0 Å². The number of nitrogens with two attached hydrogens (primary N) is 1. The van der Waals surface area contributed by atoms with Gasteiger partial charge in [-0.15, -0.1) is 0 Å². The Morgan fingerprint density at radius 3 is 2.93 bits per heavy atom. The quantitative estimate of drug-likeness (QED) is 0.672. The average Bonchev–Trinajstić information content (AvgIpc) is 2.18. The average molecular weight is 194 g/mol. The second-order valence-electron chi connectivity index (χ2n) is 3.17. The van der Waals surface area contributed by atoms with Gasteiger partial charge in [-0.1, -0.05) is 6.07 Å². The maximum Gasteiger partial charge on any atom is 0.335 e. The molecule has 0 aliphatic rings. The molecule has 0 aliphatic carbocycles. The van der Waals surface area contributed by atoms with Crippen LogP contribution < -0.4 is 11.1 Å². The molecule has 0 saturated carbocycles. The van der Waals surface area contributed by atoms with E-state index in [1.807, 2.05) is 13.0 Å². The molecule has 1 aromatic carbocycles. The molecule has 0 fully saturated rings. The molecule has 0 spiro atoms. The van der Waals surface area contributed by atoms with Gasteiger partial charge in [-0.3, -0.25) is 0 Å². The van der Waals surface area contributed by atoms with E-state index in [1.165, 1.54) is 0 Å². The van der Waals surface area contributed by atoms with Crippen molar-refractivity contribution in [2.24, 2.45) is 5.73 Å². The number of carboxylic acid groups (broad SMARTS) is 1. The minimum absolute atomic E-state index is 0.138. The van der Waals surface area contributed by atoms with Crippen LogP contribution in [0.25, 0.3) is 0 Å². The third-order valence-corrected chi connectivity index (χ3v) is 1.88. The second-order valence-corrected chi connectivity index (χ2v) is 3.17. The summed E-state index contributed by atoms with van der Waals surface area (Å²) < 4.78 is 0. The number of carboxylic acids is 1. The molecule has 14 heavy (non-hydrogen) atoms. The summed E-state index contributed by atoms with van der Waals surface area (Å²) in [4.78, 5) is 10.7. The van der Waals surface area contributed by atoms with Crippen LogP contribution in [0, 0.1) is 0 Å². The Morgan fingerprint density at radius 1 is 1.64 bits per heavy atom. The van der Waals surface area contributed by atoms with E-state index in [9.17, 15) is 4.79 Å². The van der Waals surface area contributed by atoms with Crippen molar-refractivity contribution in [2.45, 2.75) is 13.0 Å². The monoisotopic (exact) mass is 194 g/mol. The summed E-state index contributed by atoms with van der Waals surface area (Å²) in [5, 5.41) is 11.8. The van der Waals surface area contributed by atoms with Gasteiger partial charge in [0.25, 0.3) is 0 Å². The van der Waals surface area contributed by atoms with E-state index in [0.29, 0.717) is 6.54 Å². The summed E-state index contributed by atoms with van der Waals surface area (Å²) in [5.74, 6) is -0.922. The predicted molar refractivity (Wildman–Crippen MR) is 55.5 cm³/mol. The van der Waals surface area contributed by atoms with Crippen molar-refractivity contribution < 1.29 is 9.90 Å². The zero-order chi connectivity index (χ0) is 10.6. The summed E-state index contributed by atoms with van der Waals surface area (Å²) in [6.07, 6.45) is 0. The fourth-order valence-electron chi connectivity index (χ4n) is 1.09. The Kier molecular flexibility index (Phi) is 3.48. The van der Waals surface area contributed by atoms with Crippen LogP contribution in [-0.2, 0) is 0 Å². The van der Waals surface area contributed by atoms with Crippen LogP contribution in [0.5, 0.6) is 0 Å². The van der Waals surface area contributed by atoms with Gasteiger partial charge in [-0.2, -0.15) is 0 Å². The van der Waals surface area contributed by atoms with Crippen molar-refractivity contribution in [3.05, 3.63) is 29.8 Å². The number of nitrogens with one attached hydrogen (secondary N) is 1. The van der Waals surface area contributed by atoms with Crippen LogP contribution >= 0.6 is 0 Å². The van der Waals surface area contributed by atoms with Crippen molar-refractivity contribution in [1.82, 2.24) is 0 Å². The number of aromatic carboxylic acids is 1. The van der Waals surface area contributed by atoms with Gasteiger partial charge in [-0.25, -0.2) is 4.79 Å². The summed E-state index contributed by atoms with van der Waals surface area (Å²) in [7, 11) is 0. The summed E-state index contributed by atoms with van der Waals surface area (Å²) >= 11 is 0. The molecule has 0 bridgehead atoms. The Bertz CT molecular complexity index is 326. The lowest BCUT2D eigenvalue weighted by Crippen LogP contribution is -2.25. The van der Waals surface area contributed by atoms with Crippen LogP contribution in [-0.4, -0.2) is 23.7 Å². The summed E-state index contributed by atoms with van der Waals surface area (Å²) in [6.45, 7) is 2.45. The molecular weight excluding hydrogens is 180 g/mol. The zero-order valence-electron chi connectivity index (χ0n) is 8.03. The van der Waals surface area contributed by atoms with E-state index >= 15 is 0 Å². The molecule has 1 atom stereocenters. The SMILES string of the molecule is CC(CN)Nc1cccc(C(=O)O)c1. The van der Waals surface area contributed by atoms with E-state index in [-0.39, 0.29) is 11.6 Å². The number of anilines is 1. The molecular formula is C10H14N2O2. The first-order chi connectivity index (χ1) is 6.63. The molecule has 0 heterocycles. The third-order valence-electron chi connectivity index (χ3n) is 1.88. The van der Waals surface area contributed by atoms with E-state index in [4.69, 9.17) is 10.8 Å². The van der Waals surface area contributed by atoms with Gasteiger partial charge < -0.3 is 16.2 Å². The van der Waals surface area contributed by atoms with Gasteiger partial charge in [-0.05, 0) is 25.1 Å². The fraction of sp³-hybridized carbons (Fsp3) is 0.300. The topological polar surface area (TPSA) is 75.3 Å². The van der Waals surface area contributed by atoms with Gasteiger partial charge in [0.1, 0.15) is 0 Å². The van der Waals surface area contributed by atoms with Crippen molar-refractivity contribution in [3.63, 3.8) is 0 Å². The standard InChI is InChI=1S/C10H14N2O2/c1-7(6-11)12-9-4-2-3-8(5-9)10(13)14/h2-5,7,12H,6,11H2,1H3,(H,13,14). The molecule has 4 N–H and O–H groups in total. The lowest BCUT2D eigenvalue weighted by molar-refractivity contribution is 0.0697. The lowest BCUT2D eigenvalue weighted by atomic mass is 10.2. The molecule has 1 unspecified atom stereocenters. The van der Waals surface area contributed by atoms with Crippen LogP contribution in [0.4, 0.5) is 5.69 Å². The highest BCUT2D eigenvalue weighted by Gasteiger charge is 2.04. The summed E-state index contributed by atoms with van der Waals surface area (Å²) in [5.41, 5.74) is 6.50. The number of hydrogen-bond acceptors (Lipinski definition) is 3. The van der Waals surface area contributed by atoms with Crippen LogP contribution in [0.2, 0.25) is 0 Å². The van der Waals surface area contributed by atoms with Gasteiger partial charge in [0.15, 0.2) is 0 Å². The molecule has 1 rings (SSSR count). The Hall–Kier alpha value is -1.55. The molecule has 1 aromatic rings. The number of benzene rings is 1. The molecule has 0 radical (unpaired) electrons. The molecule has 76 valence electrons. The predicted octanol–water partition coefficient (Wildman–Crippen LogP) is 1.14. The number of carbonyl (C=O) groups is 1. The zero-order valence-corrected chi connectivity index (χ0v) is 8.03. The largest absolute Gasteiger partial charge is 0.478 e. The first kappa shape index (κ1) is 10.5. The fourth-order valence-corrected chi connectivity index (χ4v) is 1.09. The highest BCUT2D eigenvalue weighted by molar-refractivity contribution is 5.88. The Labute approximate surface area is 82.7 Å². The maximum atomic E-state index is 10.7. The van der Waals surface area contributed by atoms with Gasteiger partial charge >= 0.3 is 5.97 Å². The Balaban J connectivity index is 2.78. The molecule has 4 heteroatoms. The van der Waals surface area contributed by atoms with Gasteiger partial charge in [0.05, 0.1) is 5.56 Å². The second kappa shape index (κ2) is 4.62. The number of rotatable bonds is 4. The molecule has 0 saturated heterocycles. The normalized spacial score (nSPS) is 12.1. The van der Waals surface area contributed by atoms with Crippen molar-refractivity contribution >= 4 is 11.7 Å². The number of hydrogen-bond donors (Lipinski definition) is 3. The van der Waals surface area contributed by atoms with Crippen molar-refractivity contribution in [2.75, 3.05) is 11.9 Å². The van der Waals surface area contributed by atoms with Crippen LogP contribution in [0.15, 0.2) is 24.3 Å². The van der Waals surface area contributed by atoms with E-state index in [0.717, 1.165) is 5.69 Å². The maximum absolute atomic E-state index is 10.7. The molecule has 0 aliphatic heterocycles. The van der Waals surface area contributed by atoms with Gasteiger partial charge in [0, 0.05) is 18.3 Å². The van der Waals surface area contributed by atoms with Crippen LogP contribution in [0.3, 0.4) is 0 Å². The van der Waals surface area contributed by atoms with E-state index in [2.05, 4.69) is 5.32 Å². The Morgan fingerprint density at radius 2 is 2.36 bits per heavy atom. The van der Waals surface area contributed by atoms with E-state index < -0.39 is 5.97 Å². The highest BCUT2D eigenvalue weighted by atomic mass is 16.4. The highest BCUT2D eigenvalue weighted by Crippen LogP contribution is 2.11. The minimum atomic E-state index is -0.922. The molecule has 0 aromatic heterocycles. The van der Waals surface area contributed by atoms with Crippen molar-refractivity contribution in [1.29, 1.82) is 0 Å². The summed E-state index contributed by atoms with van der Waals surface area (Å²) in [6, 6.07) is 6.81. The van der Waals surface area contributed by atoms with E-state index in [1.54, 1.807) is 18.2 Å². The molecule has 0 amide bonds. The third kappa shape index (κ3) is 2.74. The minimum Gasteiger partial charge on any atom is -0.478 e. The lowest BCUT2D eigenvalue weighted by Gasteiger charge is -2.12. The molecule has 4 nitrogen and oxygen atoms in total.